The molecule has 4 nitrogen and oxygen atoms in total. The minimum atomic E-state index is -0.575. The predicted octanol–water partition coefficient (Wildman–Crippen LogP) is 3.13. The van der Waals surface area contributed by atoms with E-state index in [-0.39, 0.29) is 5.91 Å². The largest absolute Gasteiger partial charge is 0.480 e. The van der Waals surface area contributed by atoms with Crippen LogP contribution in [0.4, 0.5) is 0 Å². The molecule has 0 fully saturated rings. The van der Waals surface area contributed by atoms with Crippen LogP contribution in [0.5, 0.6) is 5.75 Å². The predicted molar refractivity (Wildman–Crippen MR) is 74.8 cm³/mol. The average molecular weight is 324 g/mol. The fraction of sp³-hybridized carbons (Fsp3) is 0.214. The van der Waals surface area contributed by atoms with Crippen LogP contribution in [0.25, 0.3) is 0 Å². The second kappa shape index (κ2) is 6.43. The molecule has 0 aliphatic rings. The number of furan rings is 1. The van der Waals surface area contributed by atoms with Crippen molar-refractivity contribution < 1.29 is 13.9 Å². The van der Waals surface area contributed by atoms with E-state index in [9.17, 15) is 4.79 Å². The second-order valence-electron chi connectivity index (χ2n) is 3.99. The fourth-order valence-electron chi connectivity index (χ4n) is 1.52. The van der Waals surface area contributed by atoms with Crippen LogP contribution in [0.1, 0.15) is 12.7 Å². The van der Waals surface area contributed by atoms with Crippen molar-refractivity contribution in [2.75, 3.05) is 0 Å². The van der Waals surface area contributed by atoms with Crippen LogP contribution >= 0.6 is 15.9 Å². The van der Waals surface area contributed by atoms with Crippen LogP contribution in [0.3, 0.4) is 0 Å². The highest BCUT2D eigenvalue weighted by Gasteiger charge is 2.15. The maximum Gasteiger partial charge on any atom is 0.261 e. The van der Waals surface area contributed by atoms with Gasteiger partial charge in [0, 0.05) is 0 Å². The lowest BCUT2D eigenvalue weighted by Crippen LogP contribution is -2.35. The number of hydrogen-bond acceptors (Lipinski definition) is 3. The zero-order chi connectivity index (χ0) is 13.7. The summed E-state index contributed by atoms with van der Waals surface area (Å²) in [5.74, 6) is 1.16. The van der Waals surface area contributed by atoms with Gasteiger partial charge in [0.25, 0.3) is 5.91 Å². The van der Waals surface area contributed by atoms with Gasteiger partial charge >= 0.3 is 0 Å². The number of halogens is 1. The standard InChI is InChI=1S/C14H14BrNO3/c1-10(19-13-7-3-2-6-12(13)15)14(17)16-9-11-5-4-8-18-11/h2-8,10H,9H2,1H3,(H,16,17)/t10-/m0/s1. The first-order valence-electron chi connectivity index (χ1n) is 5.88. The molecule has 1 aromatic carbocycles. The highest BCUT2D eigenvalue weighted by Crippen LogP contribution is 2.24. The van der Waals surface area contributed by atoms with Crippen molar-refractivity contribution in [3.05, 3.63) is 52.9 Å². The molecule has 0 radical (unpaired) electrons. The lowest BCUT2D eigenvalue weighted by molar-refractivity contribution is -0.127. The van der Waals surface area contributed by atoms with Gasteiger partial charge in [0.1, 0.15) is 11.5 Å². The molecular weight excluding hydrogens is 310 g/mol. The van der Waals surface area contributed by atoms with Gasteiger partial charge in [0.15, 0.2) is 6.10 Å². The van der Waals surface area contributed by atoms with E-state index in [1.54, 1.807) is 31.4 Å². The smallest absolute Gasteiger partial charge is 0.261 e. The summed E-state index contributed by atoms with van der Waals surface area (Å²) in [7, 11) is 0. The highest BCUT2D eigenvalue weighted by atomic mass is 79.9. The molecule has 1 atom stereocenters. The SMILES string of the molecule is C[C@H](Oc1ccccc1Br)C(=O)NCc1ccco1. The van der Waals surface area contributed by atoms with Crippen LogP contribution in [0, 0.1) is 0 Å². The van der Waals surface area contributed by atoms with Gasteiger partial charge in [-0.25, -0.2) is 0 Å². The number of para-hydroxylation sites is 1. The topological polar surface area (TPSA) is 51.5 Å². The molecule has 100 valence electrons. The molecule has 1 heterocycles. The Morgan fingerprint density at radius 3 is 2.84 bits per heavy atom. The van der Waals surface area contributed by atoms with Crippen molar-refractivity contribution in [3.63, 3.8) is 0 Å². The quantitative estimate of drug-likeness (QED) is 0.919. The Balaban J connectivity index is 1.87. The van der Waals surface area contributed by atoms with Crippen LogP contribution in [-0.2, 0) is 11.3 Å². The van der Waals surface area contributed by atoms with Crippen molar-refractivity contribution in [1.29, 1.82) is 0 Å². The third-order valence-electron chi connectivity index (χ3n) is 2.53. The molecule has 1 amide bonds. The minimum absolute atomic E-state index is 0.188. The molecule has 0 unspecified atom stereocenters. The summed E-state index contributed by atoms with van der Waals surface area (Å²) in [6.45, 7) is 2.06. The van der Waals surface area contributed by atoms with E-state index in [1.165, 1.54) is 0 Å². The minimum Gasteiger partial charge on any atom is -0.480 e. The molecule has 2 aromatic rings. The lowest BCUT2D eigenvalue weighted by atomic mass is 10.3. The Hall–Kier alpha value is -1.75. The molecule has 19 heavy (non-hydrogen) atoms. The Kier molecular flexibility index (Phi) is 4.63. The second-order valence-corrected chi connectivity index (χ2v) is 4.84. The summed E-state index contributed by atoms with van der Waals surface area (Å²) in [5, 5.41) is 2.75. The molecular formula is C14H14BrNO3. The van der Waals surface area contributed by atoms with E-state index in [0.717, 1.165) is 4.47 Å². The molecule has 0 bridgehead atoms. The number of ether oxygens (including phenoxy) is 1. The van der Waals surface area contributed by atoms with Crippen LogP contribution < -0.4 is 10.1 Å². The third kappa shape index (κ3) is 3.86. The summed E-state index contributed by atoms with van der Waals surface area (Å²) < 4.78 is 11.5. The molecule has 2 rings (SSSR count). The van der Waals surface area contributed by atoms with E-state index < -0.39 is 6.10 Å². The molecule has 0 aliphatic carbocycles. The van der Waals surface area contributed by atoms with E-state index in [1.807, 2.05) is 18.2 Å². The van der Waals surface area contributed by atoms with Crippen molar-refractivity contribution in [3.8, 4) is 5.75 Å². The Morgan fingerprint density at radius 2 is 2.16 bits per heavy atom. The molecule has 0 saturated heterocycles. The summed E-state index contributed by atoms with van der Waals surface area (Å²) >= 11 is 3.37. The van der Waals surface area contributed by atoms with Crippen molar-refractivity contribution >= 4 is 21.8 Å². The number of amides is 1. The van der Waals surface area contributed by atoms with Gasteiger partial charge in [0.2, 0.25) is 0 Å². The zero-order valence-corrected chi connectivity index (χ0v) is 12.0. The van der Waals surface area contributed by atoms with E-state index >= 15 is 0 Å². The summed E-state index contributed by atoms with van der Waals surface area (Å²) in [5.41, 5.74) is 0. The van der Waals surface area contributed by atoms with Crippen LogP contribution in [-0.4, -0.2) is 12.0 Å². The zero-order valence-electron chi connectivity index (χ0n) is 10.4. The molecule has 1 aromatic heterocycles. The number of hydrogen-bond donors (Lipinski definition) is 1. The maximum absolute atomic E-state index is 11.9. The Bertz CT molecular complexity index is 539. The van der Waals surface area contributed by atoms with Gasteiger partial charge in [-0.1, -0.05) is 12.1 Å². The first-order valence-corrected chi connectivity index (χ1v) is 6.67. The molecule has 0 aliphatic heterocycles. The number of carbonyl (C=O) groups excluding carboxylic acids is 1. The molecule has 1 N–H and O–H groups in total. The normalized spacial score (nSPS) is 11.9. The van der Waals surface area contributed by atoms with Crippen LogP contribution in [0.2, 0.25) is 0 Å². The summed E-state index contributed by atoms with van der Waals surface area (Å²) in [6.07, 6.45) is 0.997. The first-order chi connectivity index (χ1) is 9.16. The van der Waals surface area contributed by atoms with E-state index in [0.29, 0.717) is 18.1 Å². The number of benzene rings is 1. The molecule has 0 spiro atoms. The lowest BCUT2D eigenvalue weighted by Gasteiger charge is -2.15. The molecule has 0 saturated carbocycles. The van der Waals surface area contributed by atoms with Gasteiger partial charge in [-0.05, 0) is 47.1 Å². The van der Waals surface area contributed by atoms with E-state index in [2.05, 4.69) is 21.2 Å². The summed E-state index contributed by atoms with van der Waals surface area (Å²) in [6, 6.07) is 11.0. The number of nitrogens with one attached hydrogen (secondary N) is 1. The Morgan fingerprint density at radius 1 is 1.37 bits per heavy atom. The van der Waals surface area contributed by atoms with Gasteiger partial charge in [0.05, 0.1) is 17.3 Å². The monoisotopic (exact) mass is 323 g/mol. The van der Waals surface area contributed by atoms with Crippen molar-refractivity contribution in [2.24, 2.45) is 0 Å². The molecule has 5 heteroatoms. The highest BCUT2D eigenvalue weighted by molar-refractivity contribution is 9.10. The first kappa shape index (κ1) is 13.7. The summed E-state index contributed by atoms with van der Waals surface area (Å²) in [4.78, 5) is 11.9. The van der Waals surface area contributed by atoms with Gasteiger partial charge in [-0.3, -0.25) is 4.79 Å². The average Bonchev–Trinajstić information content (AvgIpc) is 2.91. The van der Waals surface area contributed by atoms with Crippen molar-refractivity contribution in [2.45, 2.75) is 19.6 Å². The fourth-order valence-corrected chi connectivity index (χ4v) is 1.89. The Labute approximate surface area is 119 Å². The van der Waals surface area contributed by atoms with E-state index in [4.69, 9.17) is 9.15 Å². The number of rotatable bonds is 5. The number of carbonyl (C=O) groups is 1. The van der Waals surface area contributed by atoms with Gasteiger partial charge < -0.3 is 14.5 Å². The van der Waals surface area contributed by atoms with Gasteiger partial charge in [-0.2, -0.15) is 0 Å². The van der Waals surface area contributed by atoms with Crippen molar-refractivity contribution in [1.82, 2.24) is 5.32 Å². The third-order valence-corrected chi connectivity index (χ3v) is 3.18. The maximum atomic E-state index is 11.9. The van der Waals surface area contributed by atoms with Gasteiger partial charge in [-0.15, -0.1) is 0 Å². The van der Waals surface area contributed by atoms with Crippen LogP contribution in [0.15, 0.2) is 51.6 Å².